The predicted molar refractivity (Wildman–Crippen MR) is 118 cm³/mol. The monoisotopic (exact) mass is 454 g/mol. The minimum atomic E-state index is -1.50. The quantitative estimate of drug-likeness (QED) is 0.496. The molecule has 0 heterocycles. The summed E-state index contributed by atoms with van der Waals surface area (Å²) in [6.07, 6.45) is -0.624. The van der Waals surface area contributed by atoms with Gasteiger partial charge in [0.2, 0.25) is 0 Å². The molecule has 33 heavy (non-hydrogen) atoms. The number of rotatable bonds is 7. The highest BCUT2D eigenvalue weighted by atomic mass is 19.1. The molecule has 0 aliphatic heterocycles. The third-order valence-electron chi connectivity index (χ3n) is 6.09. The summed E-state index contributed by atoms with van der Waals surface area (Å²) in [7, 11) is 1.52. The van der Waals surface area contributed by atoms with Crippen LogP contribution in [0.4, 0.5) is 8.78 Å². The first kappa shape index (κ1) is 22.7. The molecule has 1 aliphatic carbocycles. The van der Waals surface area contributed by atoms with Crippen LogP contribution in [-0.4, -0.2) is 23.3 Å². The van der Waals surface area contributed by atoms with Crippen molar-refractivity contribution in [2.24, 2.45) is 5.92 Å². The van der Waals surface area contributed by atoms with Gasteiger partial charge in [-0.3, -0.25) is 4.79 Å². The second-order valence-corrected chi connectivity index (χ2v) is 8.14. The SMILES string of the molecule is COc1ccc(F)c(-c2ccc3c(c2)CC[C@H]3Oc2cccc([C@H](O)[C@H](C)C(=O)O)c2F)c1. The maximum atomic E-state index is 15.0. The second-order valence-electron chi connectivity index (χ2n) is 8.14. The van der Waals surface area contributed by atoms with Crippen LogP contribution in [0.5, 0.6) is 11.5 Å². The first-order valence-corrected chi connectivity index (χ1v) is 10.6. The number of carboxylic acid groups (broad SMARTS) is 1. The van der Waals surface area contributed by atoms with Crippen molar-refractivity contribution >= 4 is 5.97 Å². The number of ether oxygens (including phenoxy) is 2. The standard InChI is InChI=1S/C26H24F2O5/c1-14(26(30)31)25(29)19-4-3-5-23(24(19)28)33-22-11-7-15-12-16(6-9-18(15)22)20-13-17(32-2)8-10-21(20)27/h3-6,8-10,12-14,22,25,29H,7,11H2,1-2H3,(H,30,31)/t14-,22+,25+/m0/s1. The summed E-state index contributed by atoms with van der Waals surface area (Å²) in [6, 6.07) is 14.4. The normalized spacial score (nSPS) is 16.7. The Labute approximate surface area is 190 Å². The Balaban J connectivity index is 1.59. The Kier molecular flexibility index (Phi) is 6.33. The van der Waals surface area contributed by atoms with Gasteiger partial charge in [0, 0.05) is 11.1 Å². The van der Waals surface area contributed by atoms with Gasteiger partial charge in [-0.2, -0.15) is 0 Å². The smallest absolute Gasteiger partial charge is 0.309 e. The molecule has 0 unspecified atom stereocenters. The Bertz CT molecular complexity index is 1190. The summed E-state index contributed by atoms with van der Waals surface area (Å²) >= 11 is 0. The van der Waals surface area contributed by atoms with Crippen LogP contribution in [0.1, 0.15) is 42.2 Å². The van der Waals surface area contributed by atoms with Gasteiger partial charge in [0.15, 0.2) is 11.6 Å². The van der Waals surface area contributed by atoms with Gasteiger partial charge < -0.3 is 19.7 Å². The molecule has 0 fully saturated rings. The predicted octanol–water partition coefficient (Wildman–Crippen LogP) is 5.46. The number of fused-ring (bicyclic) bond motifs is 1. The molecule has 5 nitrogen and oxygen atoms in total. The molecule has 7 heteroatoms. The van der Waals surface area contributed by atoms with Crippen molar-refractivity contribution in [3.05, 3.63) is 82.9 Å². The zero-order chi connectivity index (χ0) is 23.7. The molecule has 0 saturated heterocycles. The fraction of sp³-hybridized carbons (Fsp3) is 0.269. The number of aliphatic hydroxyl groups excluding tert-OH is 1. The number of benzene rings is 3. The number of halogens is 2. The van der Waals surface area contributed by atoms with E-state index in [1.54, 1.807) is 18.2 Å². The zero-order valence-electron chi connectivity index (χ0n) is 18.2. The van der Waals surface area contributed by atoms with Crippen molar-refractivity contribution in [2.75, 3.05) is 7.11 Å². The van der Waals surface area contributed by atoms with E-state index in [0.29, 0.717) is 29.7 Å². The largest absolute Gasteiger partial charge is 0.497 e. The first-order valence-electron chi connectivity index (χ1n) is 10.6. The topological polar surface area (TPSA) is 76.0 Å². The van der Waals surface area contributed by atoms with Gasteiger partial charge in [-0.15, -0.1) is 0 Å². The Hall–Kier alpha value is -3.45. The van der Waals surface area contributed by atoms with Crippen LogP contribution in [0.3, 0.4) is 0 Å². The number of aliphatic hydroxyl groups is 1. The van der Waals surface area contributed by atoms with Gasteiger partial charge in [0.25, 0.3) is 0 Å². The zero-order valence-corrected chi connectivity index (χ0v) is 18.2. The number of carbonyl (C=O) groups is 1. The summed E-state index contributed by atoms with van der Waals surface area (Å²) in [4.78, 5) is 11.2. The molecule has 1 aliphatic rings. The number of hydrogen-bond acceptors (Lipinski definition) is 4. The average molecular weight is 454 g/mol. The highest BCUT2D eigenvalue weighted by Crippen LogP contribution is 2.39. The molecule has 0 radical (unpaired) electrons. The van der Waals surface area contributed by atoms with Crippen LogP contribution in [0, 0.1) is 17.6 Å². The van der Waals surface area contributed by atoms with Gasteiger partial charge in [-0.05, 0) is 60.7 Å². The lowest BCUT2D eigenvalue weighted by Crippen LogP contribution is -2.20. The van der Waals surface area contributed by atoms with Gasteiger partial charge in [-0.1, -0.05) is 30.3 Å². The Morgan fingerprint density at radius 1 is 1.12 bits per heavy atom. The van der Waals surface area contributed by atoms with Crippen molar-refractivity contribution in [2.45, 2.75) is 32.0 Å². The molecule has 0 amide bonds. The van der Waals surface area contributed by atoms with Crippen LogP contribution < -0.4 is 9.47 Å². The van der Waals surface area contributed by atoms with E-state index < -0.39 is 29.9 Å². The van der Waals surface area contributed by atoms with E-state index in [1.165, 1.54) is 38.3 Å². The molecular weight excluding hydrogens is 430 g/mol. The fourth-order valence-electron chi connectivity index (χ4n) is 4.13. The van der Waals surface area contributed by atoms with Crippen molar-refractivity contribution in [3.63, 3.8) is 0 Å². The number of aliphatic carboxylic acids is 1. The molecule has 2 N–H and O–H groups in total. The summed E-state index contributed by atoms with van der Waals surface area (Å²) in [5, 5.41) is 19.4. The maximum Gasteiger partial charge on any atom is 0.309 e. The van der Waals surface area contributed by atoms with Crippen LogP contribution in [0.2, 0.25) is 0 Å². The van der Waals surface area contributed by atoms with E-state index in [2.05, 4.69) is 0 Å². The number of aryl methyl sites for hydroxylation is 1. The van der Waals surface area contributed by atoms with Gasteiger partial charge in [-0.25, -0.2) is 8.78 Å². The lowest BCUT2D eigenvalue weighted by Gasteiger charge is -2.20. The average Bonchev–Trinajstić information content (AvgIpc) is 3.21. The van der Waals surface area contributed by atoms with E-state index in [0.717, 1.165) is 11.1 Å². The van der Waals surface area contributed by atoms with Gasteiger partial charge in [0.05, 0.1) is 19.1 Å². The molecule has 0 aromatic heterocycles. The lowest BCUT2D eigenvalue weighted by atomic mass is 9.97. The first-order chi connectivity index (χ1) is 15.8. The van der Waals surface area contributed by atoms with Crippen molar-refractivity contribution < 1.29 is 33.3 Å². The Morgan fingerprint density at radius 2 is 1.91 bits per heavy atom. The van der Waals surface area contributed by atoms with Crippen LogP contribution >= 0.6 is 0 Å². The van der Waals surface area contributed by atoms with Crippen LogP contribution in [0.15, 0.2) is 54.6 Å². The number of hydrogen-bond donors (Lipinski definition) is 2. The summed E-state index contributed by atoms with van der Waals surface area (Å²) in [5.41, 5.74) is 2.89. The lowest BCUT2D eigenvalue weighted by molar-refractivity contribution is -0.145. The van der Waals surface area contributed by atoms with E-state index in [9.17, 15) is 14.3 Å². The molecule has 4 rings (SSSR count). The van der Waals surface area contributed by atoms with E-state index in [-0.39, 0.29) is 17.1 Å². The van der Waals surface area contributed by atoms with E-state index in [4.69, 9.17) is 14.6 Å². The van der Waals surface area contributed by atoms with Crippen molar-refractivity contribution in [1.82, 2.24) is 0 Å². The van der Waals surface area contributed by atoms with E-state index in [1.807, 2.05) is 12.1 Å². The van der Waals surface area contributed by atoms with Crippen molar-refractivity contribution in [3.8, 4) is 22.6 Å². The summed E-state index contributed by atoms with van der Waals surface area (Å²) in [6.45, 7) is 1.32. The second kappa shape index (κ2) is 9.19. The van der Waals surface area contributed by atoms with Crippen LogP contribution in [-0.2, 0) is 11.2 Å². The minimum Gasteiger partial charge on any atom is -0.497 e. The fourth-order valence-corrected chi connectivity index (χ4v) is 4.13. The summed E-state index contributed by atoms with van der Waals surface area (Å²) < 4.78 is 40.6. The molecule has 0 saturated carbocycles. The molecule has 172 valence electrons. The highest BCUT2D eigenvalue weighted by Gasteiger charge is 2.29. The molecule has 3 atom stereocenters. The van der Waals surface area contributed by atoms with Crippen LogP contribution in [0.25, 0.3) is 11.1 Å². The molecule has 3 aromatic carbocycles. The molecular formula is C26H24F2O5. The third-order valence-corrected chi connectivity index (χ3v) is 6.09. The van der Waals surface area contributed by atoms with E-state index >= 15 is 4.39 Å². The van der Waals surface area contributed by atoms with Gasteiger partial charge in [0.1, 0.15) is 17.7 Å². The molecule has 0 bridgehead atoms. The van der Waals surface area contributed by atoms with Crippen molar-refractivity contribution in [1.29, 1.82) is 0 Å². The highest BCUT2D eigenvalue weighted by molar-refractivity contribution is 5.70. The van der Waals surface area contributed by atoms with Gasteiger partial charge >= 0.3 is 5.97 Å². The molecule has 0 spiro atoms. The third kappa shape index (κ3) is 4.41. The molecule has 3 aromatic rings. The number of methoxy groups -OCH3 is 1. The summed E-state index contributed by atoms with van der Waals surface area (Å²) in [5.74, 6) is -3.01. The number of carboxylic acids is 1. The maximum absolute atomic E-state index is 15.0. The Morgan fingerprint density at radius 3 is 2.64 bits per heavy atom. The minimum absolute atomic E-state index is 0.0510.